The maximum Gasteiger partial charge on any atom is 0.225 e. The van der Waals surface area contributed by atoms with Gasteiger partial charge in [0.1, 0.15) is 0 Å². The topological polar surface area (TPSA) is 58.6 Å². The Labute approximate surface area is 113 Å². The van der Waals surface area contributed by atoms with Crippen LogP contribution in [-0.4, -0.2) is 49.6 Å². The van der Waals surface area contributed by atoms with Crippen molar-refractivity contribution in [2.24, 2.45) is 11.3 Å². The first-order valence-corrected chi connectivity index (χ1v) is 7.32. The van der Waals surface area contributed by atoms with E-state index in [4.69, 9.17) is 4.74 Å². The van der Waals surface area contributed by atoms with Gasteiger partial charge in [-0.25, -0.2) is 0 Å². The van der Waals surface area contributed by atoms with Gasteiger partial charge in [-0.2, -0.15) is 0 Å². The zero-order chi connectivity index (χ0) is 13.3. The molecule has 2 amide bonds. The van der Waals surface area contributed by atoms with Gasteiger partial charge in [0.25, 0.3) is 0 Å². The summed E-state index contributed by atoms with van der Waals surface area (Å²) in [5.74, 6) is 0.630. The van der Waals surface area contributed by atoms with E-state index >= 15 is 0 Å². The third-order valence-electron chi connectivity index (χ3n) is 4.90. The number of piperidine rings is 1. The monoisotopic (exact) mass is 266 g/mol. The molecule has 0 aromatic rings. The fourth-order valence-corrected chi connectivity index (χ4v) is 3.51. The number of rotatable bonds is 1. The Kier molecular flexibility index (Phi) is 3.48. The minimum absolute atomic E-state index is 0.129. The van der Waals surface area contributed by atoms with Crippen LogP contribution in [0.25, 0.3) is 0 Å². The van der Waals surface area contributed by atoms with E-state index in [2.05, 4.69) is 5.32 Å². The summed E-state index contributed by atoms with van der Waals surface area (Å²) in [6.07, 6.45) is 4.29. The highest BCUT2D eigenvalue weighted by Crippen LogP contribution is 2.38. The van der Waals surface area contributed by atoms with Crippen LogP contribution in [0.2, 0.25) is 0 Å². The molecule has 0 aromatic heterocycles. The molecule has 0 aromatic carbocycles. The Balaban J connectivity index is 1.54. The molecule has 0 unspecified atom stereocenters. The van der Waals surface area contributed by atoms with Crippen molar-refractivity contribution in [3.8, 4) is 0 Å². The molecule has 0 aliphatic carbocycles. The summed E-state index contributed by atoms with van der Waals surface area (Å²) >= 11 is 0. The van der Waals surface area contributed by atoms with Crippen molar-refractivity contribution < 1.29 is 14.3 Å². The molecule has 1 N–H and O–H groups in total. The van der Waals surface area contributed by atoms with Gasteiger partial charge >= 0.3 is 0 Å². The highest BCUT2D eigenvalue weighted by atomic mass is 16.5. The molecule has 0 bridgehead atoms. The fraction of sp³-hybridized carbons (Fsp3) is 0.857. The van der Waals surface area contributed by atoms with E-state index in [1.165, 1.54) is 0 Å². The van der Waals surface area contributed by atoms with Gasteiger partial charge in [-0.05, 0) is 31.1 Å². The van der Waals surface area contributed by atoms with Gasteiger partial charge in [0.05, 0.1) is 0 Å². The molecule has 3 heterocycles. The molecule has 5 nitrogen and oxygen atoms in total. The van der Waals surface area contributed by atoms with Gasteiger partial charge in [-0.15, -0.1) is 0 Å². The summed E-state index contributed by atoms with van der Waals surface area (Å²) < 4.78 is 5.31. The summed E-state index contributed by atoms with van der Waals surface area (Å²) in [6, 6.07) is 0. The molecule has 0 radical (unpaired) electrons. The number of carbonyl (C=O) groups excluding carboxylic acids is 2. The molecular weight excluding hydrogens is 244 g/mol. The summed E-state index contributed by atoms with van der Waals surface area (Å²) in [6.45, 7) is 3.85. The second kappa shape index (κ2) is 5.12. The lowest BCUT2D eigenvalue weighted by Gasteiger charge is -2.39. The van der Waals surface area contributed by atoms with Crippen LogP contribution in [0.1, 0.15) is 32.1 Å². The Bertz CT molecular complexity index is 369. The quantitative estimate of drug-likeness (QED) is 0.753. The molecule has 3 saturated heterocycles. The minimum atomic E-state index is 0.129. The van der Waals surface area contributed by atoms with Crippen LogP contribution < -0.4 is 5.32 Å². The highest BCUT2D eigenvalue weighted by molar-refractivity contribution is 5.80. The maximum atomic E-state index is 12.4. The van der Waals surface area contributed by atoms with Crippen molar-refractivity contribution in [2.75, 3.05) is 32.8 Å². The number of hydrogen-bond acceptors (Lipinski definition) is 3. The van der Waals surface area contributed by atoms with Gasteiger partial charge < -0.3 is 15.0 Å². The lowest BCUT2D eigenvalue weighted by Crippen LogP contribution is -2.46. The molecule has 3 aliphatic heterocycles. The van der Waals surface area contributed by atoms with E-state index in [9.17, 15) is 9.59 Å². The molecule has 3 fully saturated rings. The van der Waals surface area contributed by atoms with E-state index in [1.54, 1.807) is 0 Å². The van der Waals surface area contributed by atoms with Crippen molar-refractivity contribution >= 4 is 11.8 Å². The normalized spacial score (nSPS) is 27.6. The van der Waals surface area contributed by atoms with Crippen LogP contribution in [0.15, 0.2) is 0 Å². The van der Waals surface area contributed by atoms with Crippen LogP contribution in [0, 0.1) is 11.3 Å². The summed E-state index contributed by atoms with van der Waals surface area (Å²) in [5, 5.41) is 2.93. The second-order valence-electron chi connectivity index (χ2n) is 6.17. The number of likely N-dealkylation sites (tertiary alicyclic amines) is 1. The highest BCUT2D eigenvalue weighted by Gasteiger charge is 2.42. The molecule has 3 rings (SSSR count). The van der Waals surface area contributed by atoms with Gasteiger partial charge in [-0.3, -0.25) is 9.59 Å². The van der Waals surface area contributed by atoms with E-state index < -0.39 is 0 Å². The number of amides is 2. The summed E-state index contributed by atoms with van der Waals surface area (Å²) in [4.78, 5) is 25.8. The Morgan fingerprint density at radius 3 is 2.53 bits per heavy atom. The van der Waals surface area contributed by atoms with E-state index in [0.29, 0.717) is 25.5 Å². The Morgan fingerprint density at radius 1 is 1.26 bits per heavy atom. The van der Waals surface area contributed by atoms with Crippen molar-refractivity contribution in [3.05, 3.63) is 0 Å². The van der Waals surface area contributed by atoms with E-state index in [0.717, 1.165) is 45.3 Å². The molecule has 106 valence electrons. The third kappa shape index (κ3) is 2.61. The molecule has 19 heavy (non-hydrogen) atoms. The fourth-order valence-electron chi connectivity index (χ4n) is 3.51. The lowest BCUT2D eigenvalue weighted by atomic mass is 9.77. The van der Waals surface area contributed by atoms with Crippen molar-refractivity contribution in [1.29, 1.82) is 0 Å². The smallest absolute Gasteiger partial charge is 0.225 e. The average molecular weight is 266 g/mol. The van der Waals surface area contributed by atoms with Crippen LogP contribution >= 0.6 is 0 Å². The van der Waals surface area contributed by atoms with Gasteiger partial charge in [0.15, 0.2) is 0 Å². The Hall–Kier alpha value is -1.10. The number of ether oxygens (including phenoxy) is 1. The van der Waals surface area contributed by atoms with Crippen molar-refractivity contribution in [3.63, 3.8) is 0 Å². The number of nitrogens with zero attached hydrogens (tertiary/aromatic N) is 1. The first kappa shape index (κ1) is 12.9. The van der Waals surface area contributed by atoms with Crippen LogP contribution in [0.3, 0.4) is 0 Å². The van der Waals surface area contributed by atoms with E-state index in [1.807, 2.05) is 4.90 Å². The van der Waals surface area contributed by atoms with Gasteiger partial charge in [-0.1, -0.05) is 0 Å². The first-order valence-electron chi connectivity index (χ1n) is 7.32. The number of carbonyl (C=O) groups is 2. The van der Waals surface area contributed by atoms with Gasteiger partial charge in [0.2, 0.25) is 11.8 Å². The zero-order valence-electron chi connectivity index (χ0n) is 11.3. The van der Waals surface area contributed by atoms with Gasteiger partial charge in [0, 0.05) is 45.2 Å². The SMILES string of the molecule is O=C1CC2(CCN(C(=O)C3CCOCC3)CC2)CN1. The maximum absolute atomic E-state index is 12.4. The van der Waals surface area contributed by atoms with Crippen molar-refractivity contribution in [1.82, 2.24) is 10.2 Å². The molecule has 1 spiro atoms. The Morgan fingerprint density at radius 2 is 1.95 bits per heavy atom. The summed E-state index contributed by atoms with van der Waals surface area (Å²) in [7, 11) is 0. The van der Waals surface area contributed by atoms with Crippen LogP contribution in [0.5, 0.6) is 0 Å². The molecule has 3 aliphatic rings. The predicted molar refractivity (Wildman–Crippen MR) is 69.4 cm³/mol. The average Bonchev–Trinajstić information content (AvgIpc) is 2.81. The molecule has 0 atom stereocenters. The molecular formula is C14H22N2O3. The number of hydrogen-bond donors (Lipinski definition) is 1. The minimum Gasteiger partial charge on any atom is -0.381 e. The van der Waals surface area contributed by atoms with Crippen molar-refractivity contribution in [2.45, 2.75) is 32.1 Å². The molecule has 0 saturated carbocycles. The first-order chi connectivity index (χ1) is 9.19. The largest absolute Gasteiger partial charge is 0.381 e. The summed E-state index contributed by atoms with van der Waals surface area (Å²) in [5.41, 5.74) is 0.129. The van der Waals surface area contributed by atoms with E-state index in [-0.39, 0.29) is 17.2 Å². The second-order valence-corrected chi connectivity index (χ2v) is 6.17. The number of nitrogens with one attached hydrogen (secondary N) is 1. The van der Waals surface area contributed by atoms with Crippen LogP contribution in [0.4, 0.5) is 0 Å². The van der Waals surface area contributed by atoms with Crippen LogP contribution in [-0.2, 0) is 14.3 Å². The predicted octanol–water partition coefficient (Wildman–Crippen LogP) is 0.542. The third-order valence-corrected chi connectivity index (χ3v) is 4.90. The standard InChI is InChI=1S/C14H22N2O3/c17-12-9-14(10-15-12)3-5-16(6-4-14)13(18)11-1-7-19-8-2-11/h11H,1-10H2,(H,15,17). The lowest BCUT2D eigenvalue weighted by molar-refractivity contribution is -0.140. The molecule has 5 heteroatoms. The zero-order valence-corrected chi connectivity index (χ0v) is 11.3.